The van der Waals surface area contributed by atoms with Crippen LogP contribution < -0.4 is 15.6 Å². The molecule has 0 saturated carbocycles. The third kappa shape index (κ3) is 4.30. The van der Waals surface area contributed by atoms with Gasteiger partial charge >= 0.3 is 0 Å². The van der Waals surface area contributed by atoms with E-state index in [1.165, 1.54) is 6.20 Å². The zero-order valence-electron chi connectivity index (χ0n) is 14.3. The van der Waals surface area contributed by atoms with E-state index >= 15 is 0 Å². The Morgan fingerprint density at radius 3 is 2.63 bits per heavy atom. The van der Waals surface area contributed by atoms with Gasteiger partial charge in [0.15, 0.2) is 0 Å². The van der Waals surface area contributed by atoms with Crippen LogP contribution >= 0.6 is 23.2 Å². The van der Waals surface area contributed by atoms with Gasteiger partial charge in [-0.1, -0.05) is 35.3 Å². The van der Waals surface area contributed by atoms with Crippen LogP contribution in [0.4, 0.5) is 0 Å². The van der Waals surface area contributed by atoms with E-state index in [-0.39, 0.29) is 16.0 Å². The molecule has 0 saturated heterocycles. The molecule has 138 valence electrons. The Bertz CT molecular complexity index is 1030. The molecular weight excluding hydrogens is 389 g/mol. The number of ether oxygens (including phenoxy) is 1. The van der Waals surface area contributed by atoms with E-state index in [1.54, 1.807) is 31.4 Å². The molecule has 3 aromatic rings. The number of nitrogens with one attached hydrogen (secondary N) is 1. The van der Waals surface area contributed by atoms with E-state index in [0.717, 1.165) is 16.0 Å². The molecule has 0 fully saturated rings. The number of amides is 1. The number of rotatable bonds is 5. The van der Waals surface area contributed by atoms with Gasteiger partial charge in [-0.05, 0) is 42.0 Å². The molecule has 27 heavy (non-hydrogen) atoms. The monoisotopic (exact) mass is 403 g/mol. The molecule has 3 rings (SSSR count). The number of aromatic nitrogens is 2. The van der Waals surface area contributed by atoms with Crippen molar-refractivity contribution < 1.29 is 9.53 Å². The summed E-state index contributed by atoms with van der Waals surface area (Å²) in [5.41, 5.74) is 1.32. The summed E-state index contributed by atoms with van der Waals surface area (Å²) in [6.45, 7) is 0.367. The van der Waals surface area contributed by atoms with Crippen molar-refractivity contribution in [2.45, 2.75) is 6.54 Å². The molecule has 0 aliphatic carbocycles. The molecular formula is C19H15Cl2N3O3. The minimum Gasteiger partial charge on any atom is -0.497 e. The van der Waals surface area contributed by atoms with Crippen LogP contribution in [0.1, 0.15) is 15.9 Å². The van der Waals surface area contributed by atoms with E-state index < -0.39 is 5.56 Å². The number of carbonyl (C=O) groups is 1. The van der Waals surface area contributed by atoms with Gasteiger partial charge in [-0.15, -0.1) is 0 Å². The topological polar surface area (TPSA) is 73.2 Å². The predicted molar refractivity (Wildman–Crippen MR) is 104 cm³/mol. The third-order valence-electron chi connectivity index (χ3n) is 3.84. The molecule has 0 aliphatic heterocycles. The highest BCUT2D eigenvalue weighted by Gasteiger charge is 2.10. The third-order valence-corrected chi connectivity index (χ3v) is 4.59. The number of halogens is 2. The van der Waals surface area contributed by atoms with Crippen molar-refractivity contribution in [1.29, 1.82) is 0 Å². The first-order valence-corrected chi connectivity index (χ1v) is 8.70. The number of methoxy groups -OCH3 is 1. The summed E-state index contributed by atoms with van der Waals surface area (Å²) < 4.78 is 6.28. The molecule has 2 aromatic carbocycles. The second-order valence-electron chi connectivity index (χ2n) is 5.60. The Hall–Kier alpha value is -2.83. The highest BCUT2D eigenvalue weighted by Crippen LogP contribution is 2.16. The lowest BCUT2D eigenvalue weighted by Gasteiger charge is -2.09. The minimum absolute atomic E-state index is 0.0893. The van der Waals surface area contributed by atoms with Crippen LogP contribution in [0.5, 0.6) is 5.75 Å². The lowest BCUT2D eigenvalue weighted by molar-refractivity contribution is 0.0951. The summed E-state index contributed by atoms with van der Waals surface area (Å²) in [5.74, 6) is 0.490. The Balaban J connectivity index is 1.72. The number of hydrogen-bond donors (Lipinski definition) is 1. The molecule has 0 bridgehead atoms. The second kappa shape index (κ2) is 8.24. The van der Waals surface area contributed by atoms with Gasteiger partial charge in [-0.2, -0.15) is 9.78 Å². The molecule has 1 heterocycles. The van der Waals surface area contributed by atoms with Gasteiger partial charge in [0.2, 0.25) is 0 Å². The quantitative estimate of drug-likeness (QED) is 0.707. The molecule has 0 radical (unpaired) electrons. The lowest BCUT2D eigenvalue weighted by atomic mass is 10.1. The summed E-state index contributed by atoms with van der Waals surface area (Å²) >= 11 is 11.6. The molecule has 0 unspecified atom stereocenters. The molecule has 1 amide bonds. The Morgan fingerprint density at radius 2 is 1.93 bits per heavy atom. The van der Waals surface area contributed by atoms with Gasteiger partial charge in [0.05, 0.1) is 24.0 Å². The Kier molecular flexibility index (Phi) is 5.78. The molecule has 8 heteroatoms. The van der Waals surface area contributed by atoms with Crippen LogP contribution in [-0.2, 0) is 6.54 Å². The van der Waals surface area contributed by atoms with Crippen molar-refractivity contribution in [3.05, 3.63) is 86.3 Å². The first-order valence-electron chi connectivity index (χ1n) is 7.94. The van der Waals surface area contributed by atoms with Crippen LogP contribution in [0, 0.1) is 0 Å². The first-order chi connectivity index (χ1) is 13.0. The summed E-state index contributed by atoms with van der Waals surface area (Å²) in [6.07, 6.45) is 1.29. The number of carbonyl (C=O) groups excluding carboxylic acids is 1. The first kappa shape index (κ1) is 18.9. The zero-order valence-corrected chi connectivity index (χ0v) is 15.8. The van der Waals surface area contributed by atoms with Crippen LogP contribution in [0.3, 0.4) is 0 Å². The van der Waals surface area contributed by atoms with Gasteiger partial charge in [-0.25, -0.2) is 0 Å². The van der Waals surface area contributed by atoms with Crippen molar-refractivity contribution in [2.24, 2.45) is 0 Å². The molecule has 0 aliphatic rings. The Morgan fingerprint density at radius 1 is 1.19 bits per heavy atom. The van der Waals surface area contributed by atoms with Crippen molar-refractivity contribution >= 4 is 29.1 Å². The number of benzene rings is 2. The smallest absolute Gasteiger partial charge is 0.291 e. The van der Waals surface area contributed by atoms with Crippen molar-refractivity contribution in [2.75, 3.05) is 7.11 Å². The molecule has 1 aromatic heterocycles. The summed E-state index contributed by atoms with van der Waals surface area (Å²) in [7, 11) is 1.59. The summed E-state index contributed by atoms with van der Waals surface area (Å²) in [4.78, 5) is 24.4. The molecule has 6 nitrogen and oxygen atoms in total. The largest absolute Gasteiger partial charge is 0.497 e. The number of nitrogens with zero attached hydrogens (tertiary/aromatic N) is 2. The lowest BCUT2D eigenvalue weighted by Crippen LogP contribution is -2.23. The van der Waals surface area contributed by atoms with Gasteiger partial charge in [0, 0.05) is 12.1 Å². The zero-order chi connectivity index (χ0) is 19.4. The summed E-state index contributed by atoms with van der Waals surface area (Å²) in [5, 5.41) is 6.77. The maximum Gasteiger partial charge on any atom is 0.291 e. The van der Waals surface area contributed by atoms with Gasteiger partial charge in [0.25, 0.3) is 11.5 Å². The van der Waals surface area contributed by atoms with E-state index in [1.807, 2.05) is 24.3 Å². The predicted octanol–water partition coefficient (Wildman–Crippen LogP) is 3.48. The normalized spacial score (nSPS) is 10.5. The highest BCUT2D eigenvalue weighted by atomic mass is 35.5. The van der Waals surface area contributed by atoms with Crippen molar-refractivity contribution in [3.8, 4) is 11.4 Å². The number of hydrogen-bond acceptors (Lipinski definition) is 4. The van der Waals surface area contributed by atoms with Gasteiger partial charge < -0.3 is 10.1 Å². The Labute approximate surface area is 165 Å². The molecule has 0 atom stereocenters. The fourth-order valence-electron chi connectivity index (χ4n) is 2.42. The van der Waals surface area contributed by atoms with Gasteiger partial charge in [0.1, 0.15) is 10.8 Å². The second-order valence-corrected chi connectivity index (χ2v) is 6.39. The average Bonchev–Trinajstić information content (AvgIpc) is 2.71. The van der Waals surface area contributed by atoms with Crippen molar-refractivity contribution in [1.82, 2.24) is 15.1 Å². The van der Waals surface area contributed by atoms with E-state index in [2.05, 4.69) is 10.4 Å². The van der Waals surface area contributed by atoms with Crippen molar-refractivity contribution in [3.63, 3.8) is 0 Å². The van der Waals surface area contributed by atoms with Crippen LogP contribution in [0.2, 0.25) is 10.0 Å². The minimum atomic E-state index is -0.528. The summed E-state index contributed by atoms with van der Waals surface area (Å²) in [6, 6.07) is 13.9. The van der Waals surface area contributed by atoms with E-state index in [0.29, 0.717) is 17.8 Å². The fourth-order valence-corrected chi connectivity index (χ4v) is 2.67. The maximum atomic E-state index is 12.3. The van der Waals surface area contributed by atoms with E-state index in [4.69, 9.17) is 27.9 Å². The molecule has 0 spiro atoms. The SMILES string of the molecule is COc1cccc(CNC(=O)c2ccc(-n3ncc(Cl)c(Cl)c3=O)cc2)c1. The standard InChI is InChI=1S/C19H15Cl2N3O3/c1-27-15-4-2-3-12(9-15)10-22-18(25)13-5-7-14(8-6-13)24-19(26)17(21)16(20)11-23-24/h2-9,11H,10H2,1H3,(H,22,25). The van der Waals surface area contributed by atoms with Gasteiger partial charge in [-0.3, -0.25) is 9.59 Å². The average molecular weight is 404 g/mol. The highest BCUT2D eigenvalue weighted by molar-refractivity contribution is 6.41. The van der Waals surface area contributed by atoms with Crippen LogP contribution in [-0.4, -0.2) is 22.8 Å². The fraction of sp³-hybridized carbons (Fsp3) is 0.105. The molecule has 1 N–H and O–H groups in total. The maximum absolute atomic E-state index is 12.3. The van der Waals surface area contributed by atoms with E-state index in [9.17, 15) is 9.59 Å². The van der Waals surface area contributed by atoms with Crippen LogP contribution in [0.25, 0.3) is 5.69 Å². The van der Waals surface area contributed by atoms with Crippen LogP contribution in [0.15, 0.2) is 59.5 Å².